The molecule has 0 aromatic carbocycles. The minimum Gasteiger partial charge on any atom is -0.381 e. The monoisotopic (exact) mass is 237 g/mol. The van der Waals surface area contributed by atoms with Crippen LogP contribution in [0.4, 0.5) is 0 Å². The van der Waals surface area contributed by atoms with Gasteiger partial charge < -0.3 is 14.6 Å². The highest BCUT2D eigenvalue weighted by Crippen LogP contribution is 2.21. The Morgan fingerprint density at radius 3 is 3.18 bits per heavy atom. The predicted octanol–water partition coefficient (Wildman–Crippen LogP) is 0.305. The van der Waals surface area contributed by atoms with Gasteiger partial charge in [-0.1, -0.05) is 0 Å². The van der Waals surface area contributed by atoms with E-state index in [1.807, 2.05) is 22.3 Å². The zero-order valence-electron chi connectivity index (χ0n) is 9.97. The van der Waals surface area contributed by atoms with Gasteiger partial charge in [0.05, 0.1) is 6.61 Å². The molecule has 2 unspecified atom stereocenters. The summed E-state index contributed by atoms with van der Waals surface area (Å²) in [6.45, 7) is 3.37. The number of rotatable bonds is 2. The van der Waals surface area contributed by atoms with E-state index in [-0.39, 0.29) is 11.9 Å². The van der Waals surface area contributed by atoms with Crippen molar-refractivity contribution in [1.29, 1.82) is 0 Å². The molecule has 1 N–H and O–H groups in total. The van der Waals surface area contributed by atoms with E-state index < -0.39 is 0 Å². The van der Waals surface area contributed by atoms with E-state index in [0.29, 0.717) is 5.92 Å². The van der Waals surface area contributed by atoms with Crippen molar-refractivity contribution in [2.75, 3.05) is 26.3 Å². The third-order valence-electron chi connectivity index (χ3n) is 3.73. The summed E-state index contributed by atoms with van der Waals surface area (Å²) in [5.74, 6) is 0.723. The second kappa shape index (κ2) is 4.66. The van der Waals surface area contributed by atoms with Gasteiger partial charge in [-0.15, -0.1) is 0 Å². The van der Waals surface area contributed by atoms with Crippen LogP contribution in [0.15, 0.2) is 12.4 Å². The number of carbonyl (C=O) groups is 1. The zero-order valence-corrected chi connectivity index (χ0v) is 9.97. The van der Waals surface area contributed by atoms with Gasteiger partial charge in [-0.3, -0.25) is 4.79 Å². The first-order chi connectivity index (χ1) is 8.34. The lowest BCUT2D eigenvalue weighted by atomic mass is 10.0. The third kappa shape index (κ3) is 2.17. The normalized spacial score (nSPS) is 33.1. The summed E-state index contributed by atoms with van der Waals surface area (Å²) < 4.78 is 5.46. The van der Waals surface area contributed by atoms with Crippen molar-refractivity contribution < 1.29 is 9.53 Å². The third-order valence-corrected chi connectivity index (χ3v) is 3.73. The van der Waals surface area contributed by atoms with Crippen LogP contribution in [0.1, 0.15) is 19.3 Å². The second-order valence-corrected chi connectivity index (χ2v) is 4.99. The van der Waals surface area contributed by atoms with Gasteiger partial charge in [0.15, 0.2) is 0 Å². The smallest absolute Gasteiger partial charge is 0.250 e. The Labute approximate surface area is 101 Å². The lowest BCUT2D eigenvalue weighted by Gasteiger charge is -2.34. The average molecular weight is 237 g/mol. The van der Waals surface area contributed by atoms with Crippen LogP contribution in [0.25, 0.3) is 0 Å². The first kappa shape index (κ1) is 11.0. The van der Waals surface area contributed by atoms with Gasteiger partial charge in [-0.25, -0.2) is 5.43 Å². The fraction of sp³-hybridized carbons (Fsp3) is 0.750. The highest BCUT2D eigenvalue weighted by molar-refractivity contribution is 5.84. The van der Waals surface area contributed by atoms with E-state index in [2.05, 4.69) is 5.43 Å². The summed E-state index contributed by atoms with van der Waals surface area (Å²) in [6.07, 6.45) is 7.06. The van der Waals surface area contributed by atoms with Gasteiger partial charge >= 0.3 is 0 Å². The molecule has 0 bridgehead atoms. The zero-order chi connectivity index (χ0) is 11.7. The maximum Gasteiger partial charge on any atom is 0.250 e. The highest BCUT2D eigenvalue weighted by atomic mass is 16.5. The molecule has 5 nitrogen and oxygen atoms in total. The molecule has 0 radical (unpaired) electrons. The van der Waals surface area contributed by atoms with Crippen molar-refractivity contribution in [2.24, 2.45) is 5.92 Å². The molecule has 1 amide bonds. The van der Waals surface area contributed by atoms with Crippen LogP contribution < -0.4 is 5.43 Å². The Morgan fingerprint density at radius 1 is 1.41 bits per heavy atom. The van der Waals surface area contributed by atoms with Gasteiger partial charge in [-0.05, 0) is 19.3 Å². The summed E-state index contributed by atoms with van der Waals surface area (Å²) in [5, 5.41) is 1.93. The number of carbonyl (C=O) groups excluding carboxylic acids is 1. The van der Waals surface area contributed by atoms with Crippen LogP contribution in [0.5, 0.6) is 0 Å². The van der Waals surface area contributed by atoms with E-state index in [9.17, 15) is 4.79 Å². The van der Waals surface area contributed by atoms with E-state index in [4.69, 9.17) is 4.74 Å². The second-order valence-electron chi connectivity index (χ2n) is 4.99. The van der Waals surface area contributed by atoms with Crippen molar-refractivity contribution >= 4 is 5.91 Å². The van der Waals surface area contributed by atoms with Gasteiger partial charge in [-0.2, -0.15) is 0 Å². The summed E-state index contributed by atoms with van der Waals surface area (Å²) in [6, 6.07) is 0.00417. The summed E-state index contributed by atoms with van der Waals surface area (Å²) in [4.78, 5) is 14.1. The molecule has 17 heavy (non-hydrogen) atoms. The van der Waals surface area contributed by atoms with Crippen LogP contribution in [0.3, 0.4) is 0 Å². The van der Waals surface area contributed by atoms with Crippen LogP contribution in [-0.4, -0.2) is 48.2 Å². The lowest BCUT2D eigenvalue weighted by molar-refractivity contribution is -0.135. The van der Waals surface area contributed by atoms with E-state index in [1.54, 1.807) is 0 Å². The molecule has 2 saturated heterocycles. The molecular weight excluding hydrogens is 218 g/mol. The van der Waals surface area contributed by atoms with Crippen LogP contribution in [-0.2, 0) is 9.53 Å². The van der Waals surface area contributed by atoms with Crippen molar-refractivity contribution in [1.82, 2.24) is 15.3 Å². The van der Waals surface area contributed by atoms with Crippen molar-refractivity contribution in [3.05, 3.63) is 12.4 Å². The summed E-state index contributed by atoms with van der Waals surface area (Å²) >= 11 is 0. The quantitative estimate of drug-likeness (QED) is 0.750. The number of ether oxygens (including phenoxy) is 1. The maximum absolute atomic E-state index is 12.2. The Bertz CT molecular complexity index is 326. The molecule has 0 aromatic rings. The molecule has 2 fully saturated rings. The Balaban J connectivity index is 1.63. The minimum atomic E-state index is 0.00417. The maximum atomic E-state index is 12.2. The molecule has 5 heteroatoms. The summed E-state index contributed by atoms with van der Waals surface area (Å²) in [5.41, 5.74) is 3.19. The molecular formula is C12H19N3O2. The number of nitrogens with zero attached hydrogens (tertiary/aromatic N) is 2. The van der Waals surface area contributed by atoms with Gasteiger partial charge in [0, 0.05) is 38.0 Å². The van der Waals surface area contributed by atoms with E-state index in [1.165, 1.54) is 6.42 Å². The van der Waals surface area contributed by atoms with Gasteiger partial charge in [0.2, 0.25) is 0 Å². The Hall–Kier alpha value is -1.07. The van der Waals surface area contributed by atoms with Crippen molar-refractivity contribution in [3.8, 4) is 0 Å². The van der Waals surface area contributed by atoms with Gasteiger partial charge in [0.25, 0.3) is 5.91 Å². The minimum absolute atomic E-state index is 0.00417. The molecule has 0 saturated carbocycles. The van der Waals surface area contributed by atoms with Crippen LogP contribution in [0, 0.1) is 5.92 Å². The lowest BCUT2D eigenvalue weighted by Crippen LogP contribution is -2.49. The molecule has 3 rings (SSSR count). The molecule has 0 aliphatic carbocycles. The number of hydrogen-bond acceptors (Lipinski definition) is 4. The first-order valence-corrected chi connectivity index (χ1v) is 6.43. The highest BCUT2D eigenvalue weighted by Gasteiger charge is 2.35. The largest absolute Gasteiger partial charge is 0.381 e. The molecule has 94 valence electrons. The number of nitrogens with one attached hydrogen (secondary N) is 1. The first-order valence-electron chi connectivity index (χ1n) is 6.43. The SMILES string of the molecule is O=C1C2CCNN2C=CN1CC1CCCOC1. The average Bonchev–Trinajstić information content (AvgIpc) is 2.83. The molecule has 0 spiro atoms. The fourth-order valence-electron chi connectivity index (χ4n) is 2.78. The molecule has 3 heterocycles. The van der Waals surface area contributed by atoms with E-state index >= 15 is 0 Å². The predicted molar refractivity (Wildman–Crippen MR) is 62.6 cm³/mol. The Kier molecular flexibility index (Phi) is 3.03. The van der Waals surface area contributed by atoms with E-state index in [0.717, 1.165) is 39.1 Å². The topological polar surface area (TPSA) is 44.8 Å². The van der Waals surface area contributed by atoms with Crippen molar-refractivity contribution in [3.63, 3.8) is 0 Å². The molecule has 0 aromatic heterocycles. The number of amides is 1. The fourth-order valence-corrected chi connectivity index (χ4v) is 2.78. The standard InChI is InChI=1S/C12H19N3O2/c16-12-11-3-4-13-15(11)6-5-14(12)8-10-2-1-7-17-9-10/h5-6,10-11,13H,1-4,7-9H2. The molecule has 3 aliphatic rings. The van der Waals surface area contributed by atoms with Crippen LogP contribution in [0.2, 0.25) is 0 Å². The molecule has 3 aliphatic heterocycles. The number of hydrazine groups is 1. The van der Waals surface area contributed by atoms with Crippen molar-refractivity contribution in [2.45, 2.75) is 25.3 Å². The summed E-state index contributed by atoms with van der Waals surface area (Å²) in [7, 11) is 0. The number of hydrogen-bond donors (Lipinski definition) is 1. The number of fused-ring (bicyclic) bond motifs is 1. The molecule has 2 atom stereocenters. The van der Waals surface area contributed by atoms with Gasteiger partial charge in [0.1, 0.15) is 6.04 Å². The van der Waals surface area contributed by atoms with Crippen LogP contribution >= 0.6 is 0 Å². The Morgan fingerprint density at radius 2 is 2.35 bits per heavy atom.